The van der Waals surface area contributed by atoms with Crippen LogP contribution in [0.15, 0.2) is 41.4 Å². The molecule has 1 aliphatic heterocycles. The van der Waals surface area contributed by atoms with Gasteiger partial charge in [0.25, 0.3) is 10.0 Å². The summed E-state index contributed by atoms with van der Waals surface area (Å²) in [6, 6.07) is 5.80. The molecular formula is C22H26F3N3O6S. The van der Waals surface area contributed by atoms with E-state index < -0.39 is 33.1 Å². The molecule has 0 aliphatic carbocycles. The molecule has 0 saturated carbocycles. The number of pyridine rings is 1. The number of nitrogens with zero attached hydrogens (tertiary/aromatic N) is 3. The number of morpholine rings is 1. The van der Waals surface area contributed by atoms with Gasteiger partial charge in [0.1, 0.15) is 5.75 Å². The summed E-state index contributed by atoms with van der Waals surface area (Å²) in [4.78, 5) is 17.6. The predicted molar refractivity (Wildman–Crippen MR) is 119 cm³/mol. The van der Waals surface area contributed by atoms with E-state index in [1.54, 1.807) is 13.0 Å². The highest BCUT2D eigenvalue weighted by Crippen LogP contribution is 2.34. The zero-order valence-electron chi connectivity index (χ0n) is 19.0. The van der Waals surface area contributed by atoms with E-state index in [1.165, 1.54) is 12.3 Å². The van der Waals surface area contributed by atoms with Gasteiger partial charge in [-0.3, -0.25) is 9.88 Å². The molecule has 3 rings (SSSR count). The molecule has 1 saturated heterocycles. The molecule has 9 nitrogen and oxygen atoms in total. The van der Waals surface area contributed by atoms with E-state index >= 15 is 0 Å². The van der Waals surface area contributed by atoms with Crippen LogP contribution in [0.3, 0.4) is 0 Å². The first-order valence-corrected chi connectivity index (χ1v) is 12.4. The number of unbranched alkanes of at least 4 members (excludes halogenated alkanes) is 1. The van der Waals surface area contributed by atoms with Crippen LogP contribution < -0.4 is 4.74 Å². The Morgan fingerprint density at radius 3 is 2.51 bits per heavy atom. The average Bonchev–Trinajstić information content (AvgIpc) is 2.79. The third-order valence-electron chi connectivity index (χ3n) is 5.29. The highest BCUT2D eigenvalue weighted by Gasteiger charge is 2.34. The van der Waals surface area contributed by atoms with Crippen molar-refractivity contribution in [1.82, 2.24) is 14.2 Å². The molecule has 13 heteroatoms. The lowest BCUT2D eigenvalue weighted by Gasteiger charge is -2.26. The van der Waals surface area contributed by atoms with Crippen LogP contribution in [0.1, 0.15) is 25.3 Å². The van der Waals surface area contributed by atoms with Gasteiger partial charge < -0.3 is 14.6 Å². The topological polar surface area (TPSA) is 109 Å². The van der Waals surface area contributed by atoms with Crippen LogP contribution in [0, 0.1) is 0 Å². The van der Waals surface area contributed by atoms with Gasteiger partial charge in [-0.2, -0.15) is 0 Å². The van der Waals surface area contributed by atoms with Crippen molar-refractivity contribution in [2.24, 2.45) is 0 Å². The Hall–Kier alpha value is -2.90. The van der Waals surface area contributed by atoms with Crippen LogP contribution in [-0.2, 0) is 21.3 Å². The average molecular weight is 518 g/mol. The van der Waals surface area contributed by atoms with Gasteiger partial charge in [0.05, 0.1) is 23.8 Å². The molecule has 0 spiro atoms. The molecule has 0 atom stereocenters. The first-order valence-electron chi connectivity index (χ1n) is 10.9. The van der Waals surface area contributed by atoms with Crippen molar-refractivity contribution in [2.45, 2.75) is 37.6 Å². The van der Waals surface area contributed by atoms with Gasteiger partial charge in [-0.15, -0.1) is 13.2 Å². The van der Waals surface area contributed by atoms with Crippen LogP contribution in [-0.4, -0.2) is 73.0 Å². The van der Waals surface area contributed by atoms with Crippen molar-refractivity contribution in [3.8, 4) is 17.0 Å². The Labute approximate surface area is 201 Å². The molecule has 1 aliphatic rings. The maximum atomic E-state index is 13.2. The number of amides is 1. The zero-order chi connectivity index (χ0) is 25.6. The number of benzene rings is 1. The van der Waals surface area contributed by atoms with E-state index in [-0.39, 0.29) is 28.5 Å². The Bertz CT molecular complexity index is 1120. The first kappa shape index (κ1) is 26.7. The second-order valence-electron chi connectivity index (χ2n) is 7.86. The molecular weight excluding hydrogens is 491 g/mol. The molecule has 2 aromatic rings. The van der Waals surface area contributed by atoms with Gasteiger partial charge in [0.15, 0.2) is 0 Å². The second-order valence-corrected chi connectivity index (χ2v) is 9.69. The fourth-order valence-corrected chi connectivity index (χ4v) is 5.06. The number of hydrogen-bond acceptors (Lipinski definition) is 7. The summed E-state index contributed by atoms with van der Waals surface area (Å²) in [5.74, 6) is -0.652. The van der Waals surface area contributed by atoms with Gasteiger partial charge in [-0.05, 0) is 36.2 Å². The molecule has 1 N–H and O–H groups in total. The van der Waals surface area contributed by atoms with Crippen LogP contribution in [0.5, 0.6) is 5.75 Å². The van der Waals surface area contributed by atoms with Crippen LogP contribution in [0.2, 0.25) is 0 Å². The quantitative estimate of drug-likeness (QED) is 0.533. The van der Waals surface area contributed by atoms with Crippen molar-refractivity contribution in [3.63, 3.8) is 0 Å². The Balaban J connectivity index is 2.01. The number of hydrogen-bond donors (Lipinski definition) is 1. The molecule has 35 heavy (non-hydrogen) atoms. The molecule has 1 aromatic carbocycles. The molecule has 0 radical (unpaired) electrons. The Morgan fingerprint density at radius 2 is 1.94 bits per heavy atom. The number of rotatable bonds is 9. The first-order chi connectivity index (χ1) is 16.5. The minimum Gasteiger partial charge on any atom is -0.464 e. The third-order valence-corrected chi connectivity index (χ3v) is 7.12. The van der Waals surface area contributed by atoms with E-state index in [2.05, 4.69) is 14.6 Å². The normalized spacial score (nSPS) is 15.1. The Kier molecular flexibility index (Phi) is 8.56. The minimum absolute atomic E-state index is 0.0581. The standard InChI is InChI=1S/C22H26F3N3O6S/c1-2-3-8-28(21(29)30)35(31,32)20-7-5-17(34-22(23,24)25)13-18(20)19-6-4-16(14-26-19)15-27-9-11-33-12-10-27/h4-7,13-14H,2-3,8-12,15H2,1H3,(H,29,30). The van der Waals surface area contributed by atoms with Crippen LogP contribution in [0.25, 0.3) is 11.3 Å². The minimum atomic E-state index is -5.00. The monoisotopic (exact) mass is 517 g/mol. The third kappa shape index (κ3) is 7.05. The number of carbonyl (C=O) groups is 1. The van der Waals surface area contributed by atoms with Gasteiger partial charge >= 0.3 is 12.5 Å². The van der Waals surface area contributed by atoms with E-state index in [0.29, 0.717) is 26.2 Å². The lowest BCUT2D eigenvalue weighted by Crippen LogP contribution is -2.36. The molecule has 2 heterocycles. The predicted octanol–water partition coefficient (Wildman–Crippen LogP) is 3.95. The smallest absolute Gasteiger partial charge is 0.464 e. The highest BCUT2D eigenvalue weighted by atomic mass is 32.2. The van der Waals surface area contributed by atoms with Gasteiger partial charge in [0, 0.05) is 37.9 Å². The summed E-state index contributed by atoms with van der Waals surface area (Å²) in [5.41, 5.74) is 0.674. The van der Waals surface area contributed by atoms with Crippen molar-refractivity contribution in [3.05, 3.63) is 42.1 Å². The van der Waals surface area contributed by atoms with E-state index in [9.17, 15) is 31.5 Å². The maximum absolute atomic E-state index is 13.2. The molecule has 1 amide bonds. The van der Waals surface area contributed by atoms with Crippen molar-refractivity contribution >= 4 is 16.1 Å². The lowest BCUT2D eigenvalue weighted by molar-refractivity contribution is -0.274. The SMILES string of the molecule is CCCCN(C(=O)O)S(=O)(=O)c1ccc(OC(F)(F)F)cc1-c1ccc(CN2CCOCC2)cn1. The second kappa shape index (κ2) is 11.2. The molecule has 0 unspecified atom stereocenters. The van der Waals surface area contributed by atoms with E-state index in [1.807, 2.05) is 0 Å². The summed E-state index contributed by atoms with van der Waals surface area (Å²) in [7, 11) is -4.61. The number of aromatic nitrogens is 1. The summed E-state index contributed by atoms with van der Waals surface area (Å²) in [6.07, 6.45) is -4.36. The number of halogens is 3. The summed E-state index contributed by atoms with van der Waals surface area (Å²) in [6.45, 7) is 4.74. The molecule has 1 fully saturated rings. The van der Waals surface area contributed by atoms with Gasteiger partial charge in [0.2, 0.25) is 0 Å². The summed E-state index contributed by atoms with van der Waals surface area (Å²) in [5, 5.41) is 9.50. The van der Waals surface area contributed by atoms with Crippen molar-refractivity contribution in [2.75, 3.05) is 32.8 Å². The van der Waals surface area contributed by atoms with Crippen LogP contribution in [0.4, 0.5) is 18.0 Å². The fraction of sp³-hybridized carbons (Fsp3) is 0.455. The lowest BCUT2D eigenvalue weighted by atomic mass is 10.1. The fourth-order valence-electron chi connectivity index (χ4n) is 3.57. The zero-order valence-corrected chi connectivity index (χ0v) is 19.8. The molecule has 1 aromatic heterocycles. The highest BCUT2D eigenvalue weighted by molar-refractivity contribution is 7.89. The van der Waals surface area contributed by atoms with Gasteiger partial charge in [-0.1, -0.05) is 19.4 Å². The van der Waals surface area contributed by atoms with E-state index in [0.717, 1.165) is 36.9 Å². The van der Waals surface area contributed by atoms with Crippen LogP contribution >= 0.6 is 0 Å². The number of ether oxygens (including phenoxy) is 2. The Morgan fingerprint density at radius 1 is 1.23 bits per heavy atom. The van der Waals surface area contributed by atoms with Crippen molar-refractivity contribution in [1.29, 1.82) is 0 Å². The summed E-state index contributed by atoms with van der Waals surface area (Å²) < 4.78 is 74.4. The molecule has 192 valence electrons. The van der Waals surface area contributed by atoms with Gasteiger partial charge in [-0.25, -0.2) is 17.5 Å². The molecule has 0 bridgehead atoms. The number of alkyl halides is 3. The maximum Gasteiger partial charge on any atom is 0.573 e. The number of sulfonamides is 1. The van der Waals surface area contributed by atoms with Crippen molar-refractivity contribution < 1.29 is 41.0 Å². The number of carboxylic acid groups (broad SMARTS) is 1. The summed E-state index contributed by atoms with van der Waals surface area (Å²) >= 11 is 0. The largest absolute Gasteiger partial charge is 0.573 e. The van der Waals surface area contributed by atoms with E-state index in [4.69, 9.17) is 4.74 Å².